The summed E-state index contributed by atoms with van der Waals surface area (Å²) in [5.41, 5.74) is 1.23. The van der Waals surface area contributed by atoms with E-state index in [-0.39, 0.29) is 24.8 Å². The van der Waals surface area contributed by atoms with Gasteiger partial charge in [0.05, 0.1) is 16.5 Å². The molecule has 2 aromatic rings. The Morgan fingerprint density at radius 3 is 2.10 bits per heavy atom. The third kappa shape index (κ3) is 7.19. The van der Waals surface area contributed by atoms with Gasteiger partial charge in [-0.15, -0.1) is 0 Å². The first-order chi connectivity index (χ1) is 14.0. The monoisotopic (exact) mass is 468 g/mol. The number of carbonyl (C=O) groups excluding carboxylic acids is 2. The van der Waals surface area contributed by atoms with Gasteiger partial charge >= 0.3 is 0 Å². The van der Waals surface area contributed by atoms with E-state index in [0.29, 0.717) is 21.5 Å². The van der Waals surface area contributed by atoms with E-state index in [1.165, 1.54) is 0 Å². The molecule has 4 nitrogen and oxygen atoms in total. The van der Waals surface area contributed by atoms with Crippen LogP contribution in [0.25, 0.3) is 0 Å². The topological polar surface area (TPSA) is 49.4 Å². The molecule has 30 heavy (non-hydrogen) atoms. The Kier molecular flexibility index (Phi) is 8.60. The molecule has 162 valence electrons. The van der Waals surface area contributed by atoms with Crippen LogP contribution in [-0.2, 0) is 22.6 Å². The second kappa shape index (κ2) is 10.5. The van der Waals surface area contributed by atoms with Crippen LogP contribution in [0.4, 0.5) is 0 Å². The van der Waals surface area contributed by atoms with Crippen molar-refractivity contribution in [3.63, 3.8) is 0 Å². The zero-order valence-corrected chi connectivity index (χ0v) is 19.9. The number of halogens is 3. The van der Waals surface area contributed by atoms with Crippen LogP contribution in [0.3, 0.4) is 0 Å². The van der Waals surface area contributed by atoms with Gasteiger partial charge in [0.15, 0.2) is 0 Å². The van der Waals surface area contributed by atoms with E-state index < -0.39 is 11.6 Å². The number of nitrogens with one attached hydrogen (secondary N) is 1. The van der Waals surface area contributed by atoms with E-state index in [1.807, 2.05) is 45.9 Å². The van der Waals surface area contributed by atoms with E-state index in [2.05, 4.69) is 5.32 Å². The Balaban J connectivity index is 2.33. The average molecular weight is 470 g/mol. The summed E-state index contributed by atoms with van der Waals surface area (Å²) in [6, 6.07) is 11.7. The lowest BCUT2D eigenvalue weighted by Crippen LogP contribution is -2.53. The summed E-state index contributed by atoms with van der Waals surface area (Å²) in [7, 11) is 0. The zero-order valence-electron chi connectivity index (χ0n) is 17.6. The normalized spacial score (nSPS) is 12.4. The number of amides is 2. The van der Waals surface area contributed by atoms with Gasteiger partial charge in [-0.05, 0) is 62.6 Å². The highest BCUT2D eigenvalue weighted by molar-refractivity contribution is 6.42. The fourth-order valence-corrected chi connectivity index (χ4v) is 3.53. The molecular weight excluding hydrogens is 443 g/mol. The van der Waals surface area contributed by atoms with Crippen molar-refractivity contribution in [3.05, 3.63) is 68.7 Å². The highest BCUT2D eigenvalue weighted by Crippen LogP contribution is 2.24. The maximum absolute atomic E-state index is 13.3. The molecule has 0 aliphatic rings. The van der Waals surface area contributed by atoms with Crippen molar-refractivity contribution in [2.24, 2.45) is 0 Å². The lowest BCUT2D eigenvalue weighted by molar-refractivity contribution is -0.141. The molecule has 0 fully saturated rings. The first-order valence-electron chi connectivity index (χ1n) is 9.80. The molecule has 0 aliphatic heterocycles. The second-order valence-corrected chi connectivity index (χ2v) is 9.49. The molecular formula is C23H27Cl3N2O2. The van der Waals surface area contributed by atoms with Crippen LogP contribution in [0.5, 0.6) is 0 Å². The van der Waals surface area contributed by atoms with E-state index >= 15 is 0 Å². The van der Waals surface area contributed by atoms with Crippen LogP contribution in [0, 0.1) is 0 Å². The van der Waals surface area contributed by atoms with Gasteiger partial charge in [-0.25, -0.2) is 0 Å². The maximum Gasteiger partial charge on any atom is 0.243 e. The summed E-state index contributed by atoms with van der Waals surface area (Å²) in [5.74, 6) is -0.339. The van der Waals surface area contributed by atoms with E-state index in [4.69, 9.17) is 34.8 Å². The molecule has 0 spiro atoms. The maximum atomic E-state index is 13.3. The Bertz CT molecular complexity index is 892. The number of nitrogens with zero attached hydrogens (tertiary/aromatic N) is 1. The summed E-state index contributed by atoms with van der Waals surface area (Å²) < 4.78 is 0. The molecule has 2 aromatic carbocycles. The number of hydrogen-bond acceptors (Lipinski definition) is 2. The van der Waals surface area contributed by atoms with Crippen molar-refractivity contribution < 1.29 is 9.59 Å². The van der Waals surface area contributed by atoms with Gasteiger partial charge in [-0.3, -0.25) is 9.59 Å². The van der Waals surface area contributed by atoms with Crippen molar-refractivity contribution in [2.75, 3.05) is 0 Å². The molecule has 0 unspecified atom stereocenters. The molecule has 0 heterocycles. The first kappa shape index (κ1) is 24.5. The molecule has 0 radical (unpaired) electrons. The van der Waals surface area contributed by atoms with Crippen LogP contribution in [0.1, 0.15) is 45.2 Å². The highest BCUT2D eigenvalue weighted by Gasteiger charge is 2.30. The van der Waals surface area contributed by atoms with Gasteiger partial charge in [0.2, 0.25) is 11.8 Å². The summed E-state index contributed by atoms with van der Waals surface area (Å²) in [6.07, 6.45) is 0.646. The largest absolute Gasteiger partial charge is 0.350 e. The minimum Gasteiger partial charge on any atom is -0.350 e. The smallest absolute Gasteiger partial charge is 0.243 e. The summed E-state index contributed by atoms with van der Waals surface area (Å²) in [4.78, 5) is 27.9. The minimum absolute atomic E-state index is 0.153. The molecule has 1 atom stereocenters. The quantitative estimate of drug-likeness (QED) is 0.548. The first-order valence-corrected chi connectivity index (χ1v) is 10.9. The van der Waals surface area contributed by atoms with Gasteiger partial charge in [0, 0.05) is 17.1 Å². The van der Waals surface area contributed by atoms with E-state index in [9.17, 15) is 9.59 Å². The highest BCUT2D eigenvalue weighted by atomic mass is 35.5. The minimum atomic E-state index is -0.613. The van der Waals surface area contributed by atoms with Crippen molar-refractivity contribution in [2.45, 2.75) is 58.7 Å². The van der Waals surface area contributed by atoms with Gasteiger partial charge < -0.3 is 10.2 Å². The fraction of sp³-hybridized carbons (Fsp3) is 0.391. The second-order valence-electron chi connectivity index (χ2n) is 8.24. The molecule has 1 N–H and O–H groups in total. The summed E-state index contributed by atoms with van der Waals surface area (Å²) in [5, 5.41) is 4.44. The Morgan fingerprint density at radius 1 is 0.967 bits per heavy atom. The standard InChI is InChI=1S/C23H27Cl3N2O2/c1-5-20(22(30)27-23(2,3)4)28(14-16-8-11-18(25)19(26)12-16)21(29)13-15-6-9-17(24)10-7-15/h6-12,20H,5,13-14H2,1-4H3,(H,27,30)/t20-/m0/s1. The van der Waals surface area contributed by atoms with Crippen molar-refractivity contribution in [1.29, 1.82) is 0 Å². The van der Waals surface area contributed by atoms with Gasteiger partial charge in [0.1, 0.15) is 6.04 Å². The Labute approximate surface area is 193 Å². The SMILES string of the molecule is CC[C@@H](C(=O)NC(C)(C)C)N(Cc1ccc(Cl)c(Cl)c1)C(=O)Cc1ccc(Cl)cc1. The van der Waals surface area contributed by atoms with Crippen LogP contribution < -0.4 is 5.32 Å². The molecule has 0 aromatic heterocycles. The van der Waals surface area contributed by atoms with Crippen molar-refractivity contribution >= 4 is 46.6 Å². The summed E-state index contributed by atoms with van der Waals surface area (Å²) >= 11 is 18.1. The van der Waals surface area contributed by atoms with Crippen LogP contribution in [-0.4, -0.2) is 28.3 Å². The van der Waals surface area contributed by atoms with Gasteiger partial charge in [-0.1, -0.05) is 59.9 Å². The molecule has 0 saturated heterocycles. The molecule has 2 amide bonds. The van der Waals surface area contributed by atoms with E-state index in [1.54, 1.807) is 29.2 Å². The third-order valence-electron chi connectivity index (χ3n) is 4.49. The third-order valence-corrected chi connectivity index (χ3v) is 5.48. The van der Waals surface area contributed by atoms with E-state index in [0.717, 1.165) is 11.1 Å². The average Bonchev–Trinajstić information content (AvgIpc) is 2.64. The van der Waals surface area contributed by atoms with Crippen LogP contribution >= 0.6 is 34.8 Å². The lowest BCUT2D eigenvalue weighted by Gasteiger charge is -2.33. The zero-order chi connectivity index (χ0) is 22.5. The Morgan fingerprint density at radius 2 is 1.57 bits per heavy atom. The molecule has 2 rings (SSSR count). The van der Waals surface area contributed by atoms with Crippen LogP contribution in [0.15, 0.2) is 42.5 Å². The lowest BCUT2D eigenvalue weighted by atomic mass is 10.0. The number of benzene rings is 2. The molecule has 0 bridgehead atoms. The summed E-state index contributed by atoms with van der Waals surface area (Å²) in [6.45, 7) is 7.88. The van der Waals surface area contributed by atoms with Crippen molar-refractivity contribution in [1.82, 2.24) is 10.2 Å². The molecule has 0 saturated carbocycles. The number of rotatable bonds is 7. The number of hydrogen-bond donors (Lipinski definition) is 1. The Hall–Kier alpha value is -1.75. The number of carbonyl (C=O) groups is 2. The van der Waals surface area contributed by atoms with Crippen molar-refractivity contribution in [3.8, 4) is 0 Å². The van der Waals surface area contributed by atoms with Gasteiger partial charge in [0.25, 0.3) is 0 Å². The van der Waals surface area contributed by atoms with Gasteiger partial charge in [-0.2, -0.15) is 0 Å². The predicted molar refractivity (Wildman–Crippen MR) is 124 cm³/mol. The molecule has 0 aliphatic carbocycles. The molecule has 7 heteroatoms. The van der Waals surface area contributed by atoms with Crippen LogP contribution in [0.2, 0.25) is 15.1 Å². The fourth-order valence-electron chi connectivity index (χ4n) is 3.09. The predicted octanol–water partition coefficient (Wildman–Crippen LogP) is 5.91.